The van der Waals surface area contributed by atoms with E-state index >= 15 is 0 Å². The number of thioether (sulfide) groups is 1. The van der Waals surface area contributed by atoms with Crippen molar-refractivity contribution in [3.05, 3.63) is 28.4 Å². The lowest BCUT2D eigenvalue weighted by Crippen LogP contribution is -1.99. The maximum Gasteiger partial charge on any atom is 0.287 e. The lowest BCUT2D eigenvalue weighted by molar-refractivity contribution is -0.385. The molecule has 15 heavy (non-hydrogen) atoms. The quantitative estimate of drug-likeness (QED) is 0.473. The Labute approximate surface area is 91.7 Å². The van der Waals surface area contributed by atoms with E-state index in [1.807, 2.05) is 6.92 Å². The minimum Gasteiger partial charge on any atom is -0.396 e. The summed E-state index contributed by atoms with van der Waals surface area (Å²) >= 11 is 1.49. The molecule has 0 aliphatic heterocycles. The minimum absolute atomic E-state index is 0.00541. The van der Waals surface area contributed by atoms with E-state index < -0.39 is 4.92 Å². The molecule has 1 unspecified atom stereocenters. The summed E-state index contributed by atoms with van der Waals surface area (Å²) in [5.41, 5.74) is -0.00541. The van der Waals surface area contributed by atoms with E-state index in [0.29, 0.717) is 6.42 Å². The molecule has 0 aliphatic rings. The van der Waals surface area contributed by atoms with Gasteiger partial charge in [-0.15, -0.1) is 11.8 Å². The molecule has 0 aromatic carbocycles. The number of hydrogen-bond acceptors (Lipinski definition) is 5. The van der Waals surface area contributed by atoms with Crippen LogP contribution in [0.1, 0.15) is 13.3 Å². The maximum atomic E-state index is 10.4. The molecule has 1 atom stereocenters. The molecule has 6 heteroatoms. The topological polar surface area (TPSA) is 76.3 Å². The highest BCUT2D eigenvalue weighted by Crippen LogP contribution is 2.24. The third-order valence-electron chi connectivity index (χ3n) is 1.79. The van der Waals surface area contributed by atoms with Gasteiger partial charge in [0, 0.05) is 17.9 Å². The fourth-order valence-electron chi connectivity index (χ4n) is 0.997. The average Bonchev–Trinajstić information content (AvgIpc) is 2.18. The Morgan fingerprint density at radius 1 is 1.67 bits per heavy atom. The highest BCUT2D eigenvalue weighted by Gasteiger charge is 2.08. The molecule has 82 valence electrons. The SMILES string of the molecule is CC(CCO)Sc1ccc([N+](=O)[O-])cn1. The fourth-order valence-corrected chi connectivity index (χ4v) is 1.89. The molecule has 0 saturated heterocycles. The van der Waals surface area contributed by atoms with Crippen molar-refractivity contribution in [2.45, 2.75) is 23.6 Å². The molecule has 1 N–H and O–H groups in total. The summed E-state index contributed by atoms with van der Waals surface area (Å²) in [6.07, 6.45) is 1.93. The zero-order valence-corrected chi connectivity index (χ0v) is 9.11. The number of rotatable bonds is 5. The molecular formula is C9H12N2O3S. The van der Waals surface area contributed by atoms with Crippen molar-refractivity contribution in [1.29, 1.82) is 0 Å². The number of nitro groups is 1. The summed E-state index contributed by atoms with van der Waals surface area (Å²) in [6.45, 7) is 2.12. The monoisotopic (exact) mass is 228 g/mol. The van der Waals surface area contributed by atoms with Gasteiger partial charge in [0.15, 0.2) is 0 Å². The molecule has 0 radical (unpaired) electrons. The van der Waals surface area contributed by atoms with Crippen molar-refractivity contribution in [2.24, 2.45) is 0 Å². The highest BCUT2D eigenvalue weighted by atomic mass is 32.2. The molecule has 1 aromatic heterocycles. The second-order valence-electron chi connectivity index (χ2n) is 3.05. The smallest absolute Gasteiger partial charge is 0.287 e. The summed E-state index contributed by atoms with van der Waals surface area (Å²) in [5, 5.41) is 20.1. The van der Waals surface area contributed by atoms with Crippen molar-refractivity contribution in [3.63, 3.8) is 0 Å². The van der Waals surface area contributed by atoms with Gasteiger partial charge in [0.25, 0.3) is 5.69 Å². The largest absolute Gasteiger partial charge is 0.396 e. The lowest BCUT2D eigenvalue weighted by atomic mass is 10.3. The van der Waals surface area contributed by atoms with Crippen LogP contribution < -0.4 is 0 Å². The summed E-state index contributed by atoms with van der Waals surface area (Å²) in [6, 6.07) is 3.05. The summed E-state index contributed by atoms with van der Waals surface area (Å²) in [4.78, 5) is 13.9. The predicted molar refractivity (Wildman–Crippen MR) is 57.9 cm³/mol. The van der Waals surface area contributed by atoms with Gasteiger partial charge in [-0.05, 0) is 12.5 Å². The van der Waals surface area contributed by atoms with Gasteiger partial charge in [-0.1, -0.05) is 6.92 Å². The van der Waals surface area contributed by atoms with E-state index in [4.69, 9.17) is 5.11 Å². The first-order valence-corrected chi connectivity index (χ1v) is 5.39. The van der Waals surface area contributed by atoms with Crippen LogP contribution in [0.15, 0.2) is 23.4 Å². The van der Waals surface area contributed by atoms with Crippen LogP contribution in [-0.2, 0) is 0 Å². The van der Waals surface area contributed by atoms with Crippen molar-refractivity contribution in [3.8, 4) is 0 Å². The molecule has 0 aliphatic carbocycles. The van der Waals surface area contributed by atoms with Gasteiger partial charge < -0.3 is 5.11 Å². The van der Waals surface area contributed by atoms with Crippen LogP contribution in [0.2, 0.25) is 0 Å². The van der Waals surface area contributed by atoms with Gasteiger partial charge in [-0.2, -0.15) is 0 Å². The zero-order chi connectivity index (χ0) is 11.3. The number of aliphatic hydroxyl groups excluding tert-OH is 1. The first kappa shape index (κ1) is 11.9. The van der Waals surface area contributed by atoms with Gasteiger partial charge in [0.05, 0.1) is 9.95 Å². The van der Waals surface area contributed by atoms with Crippen molar-refractivity contribution < 1.29 is 10.0 Å². The van der Waals surface area contributed by atoms with E-state index in [1.54, 1.807) is 6.07 Å². The second kappa shape index (κ2) is 5.67. The fraction of sp³-hybridized carbons (Fsp3) is 0.444. The molecule has 1 heterocycles. The standard InChI is InChI=1S/C9H12N2O3S/c1-7(4-5-12)15-9-3-2-8(6-10-9)11(13)14/h2-3,6-7,12H,4-5H2,1H3. The summed E-state index contributed by atoms with van der Waals surface area (Å²) < 4.78 is 0. The van der Waals surface area contributed by atoms with E-state index in [9.17, 15) is 10.1 Å². The Balaban J connectivity index is 2.60. The molecule has 1 rings (SSSR count). The third kappa shape index (κ3) is 3.85. The van der Waals surface area contributed by atoms with E-state index in [0.717, 1.165) is 5.03 Å². The first-order chi connectivity index (χ1) is 7.13. The number of pyridine rings is 1. The Bertz CT molecular complexity index is 329. The van der Waals surface area contributed by atoms with Crippen LogP contribution in [-0.4, -0.2) is 26.9 Å². The van der Waals surface area contributed by atoms with Crippen LogP contribution in [0.25, 0.3) is 0 Å². The van der Waals surface area contributed by atoms with Crippen LogP contribution in [0, 0.1) is 10.1 Å². The van der Waals surface area contributed by atoms with Gasteiger partial charge in [-0.25, -0.2) is 4.98 Å². The average molecular weight is 228 g/mol. The Morgan fingerprint density at radius 3 is 2.87 bits per heavy atom. The van der Waals surface area contributed by atoms with Crippen molar-refractivity contribution in [2.75, 3.05) is 6.61 Å². The summed E-state index contributed by atoms with van der Waals surface area (Å²) in [7, 11) is 0. The van der Waals surface area contributed by atoms with E-state index in [2.05, 4.69) is 4.98 Å². The van der Waals surface area contributed by atoms with Gasteiger partial charge >= 0.3 is 0 Å². The van der Waals surface area contributed by atoms with E-state index in [1.165, 1.54) is 24.0 Å². The predicted octanol–water partition coefficient (Wildman–Crippen LogP) is 1.85. The lowest BCUT2D eigenvalue weighted by Gasteiger charge is -2.07. The van der Waals surface area contributed by atoms with Crippen LogP contribution in [0.4, 0.5) is 5.69 Å². The van der Waals surface area contributed by atoms with Crippen molar-refractivity contribution in [1.82, 2.24) is 4.98 Å². The van der Waals surface area contributed by atoms with E-state index in [-0.39, 0.29) is 17.5 Å². The minimum atomic E-state index is -0.474. The Kier molecular flexibility index (Phi) is 4.51. The Hall–Kier alpha value is -1.14. The molecule has 5 nitrogen and oxygen atoms in total. The molecule has 0 bridgehead atoms. The van der Waals surface area contributed by atoms with Crippen LogP contribution in [0.5, 0.6) is 0 Å². The third-order valence-corrected chi connectivity index (χ3v) is 2.91. The maximum absolute atomic E-state index is 10.4. The van der Waals surface area contributed by atoms with Gasteiger partial charge in [-0.3, -0.25) is 10.1 Å². The molecular weight excluding hydrogens is 216 g/mol. The summed E-state index contributed by atoms with van der Waals surface area (Å²) in [5.74, 6) is 0. The Morgan fingerprint density at radius 2 is 2.40 bits per heavy atom. The van der Waals surface area contributed by atoms with Gasteiger partial charge in [0.2, 0.25) is 0 Å². The number of nitrogens with zero attached hydrogens (tertiary/aromatic N) is 2. The van der Waals surface area contributed by atoms with Gasteiger partial charge in [0.1, 0.15) is 6.20 Å². The van der Waals surface area contributed by atoms with Crippen molar-refractivity contribution >= 4 is 17.4 Å². The first-order valence-electron chi connectivity index (χ1n) is 4.51. The number of hydrogen-bond donors (Lipinski definition) is 1. The highest BCUT2D eigenvalue weighted by molar-refractivity contribution is 7.99. The second-order valence-corrected chi connectivity index (χ2v) is 4.51. The zero-order valence-electron chi connectivity index (χ0n) is 8.29. The molecule has 0 saturated carbocycles. The molecule has 0 spiro atoms. The number of aliphatic hydroxyl groups is 1. The molecule has 0 fully saturated rings. The van der Waals surface area contributed by atoms with Crippen LogP contribution >= 0.6 is 11.8 Å². The van der Waals surface area contributed by atoms with Crippen LogP contribution in [0.3, 0.4) is 0 Å². The normalized spacial score (nSPS) is 12.4. The molecule has 1 aromatic rings. The molecule has 0 amide bonds. The number of aromatic nitrogens is 1.